The van der Waals surface area contributed by atoms with Crippen LogP contribution in [0.2, 0.25) is 0 Å². The molecule has 0 saturated heterocycles. The second kappa shape index (κ2) is 9.60. The van der Waals surface area contributed by atoms with E-state index in [2.05, 4.69) is 12.2 Å². The number of aliphatic hydroxyl groups excluding tert-OH is 2. The van der Waals surface area contributed by atoms with E-state index in [4.69, 9.17) is 4.74 Å². The number of ether oxygens (including phenoxy) is 1. The first-order valence-corrected chi connectivity index (χ1v) is 13.7. The molecule has 0 aromatic rings. The fourth-order valence-electron chi connectivity index (χ4n) is 7.99. The topological polar surface area (TPSA) is 113 Å². The number of hydrogen-bond donors (Lipinski definition) is 3. The Balaban J connectivity index is 1.64. The van der Waals surface area contributed by atoms with Crippen molar-refractivity contribution in [2.45, 2.75) is 90.5 Å². The van der Waals surface area contributed by atoms with Crippen LogP contribution in [-0.4, -0.2) is 58.4 Å². The number of aliphatic hydroxyl groups is 2. The Morgan fingerprint density at radius 2 is 2.00 bits per heavy atom. The normalized spacial score (nSPS) is 43.7. The molecule has 37 heavy (non-hydrogen) atoms. The first-order chi connectivity index (χ1) is 17.3. The van der Waals surface area contributed by atoms with Crippen molar-refractivity contribution in [3.63, 3.8) is 0 Å². The van der Waals surface area contributed by atoms with E-state index in [0.717, 1.165) is 12.8 Å². The van der Waals surface area contributed by atoms with Gasteiger partial charge in [0.1, 0.15) is 0 Å². The number of ketones is 2. The van der Waals surface area contributed by atoms with Crippen LogP contribution in [0.15, 0.2) is 23.8 Å². The van der Waals surface area contributed by atoms with Gasteiger partial charge in [-0.2, -0.15) is 0 Å². The largest absolute Gasteiger partial charge is 0.432 e. The molecule has 0 heterocycles. The summed E-state index contributed by atoms with van der Waals surface area (Å²) in [6.07, 6.45) is 5.25. The zero-order chi connectivity index (χ0) is 27.4. The summed E-state index contributed by atoms with van der Waals surface area (Å²) in [5.41, 5.74) is -5.46. The summed E-state index contributed by atoms with van der Waals surface area (Å²) >= 11 is 0. The van der Waals surface area contributed by atoms with Crippen molar-refractivity contribution in [2.24, 2.45) is 34.5 Å². The van der Waals surface area contributed by atoms with Crippen LogP contribution in [-0.2, 0) is 14.3 Å². The Bertz CT molecular complexity index is 1030. The van der Waals surface area contributed by atoms with Crippen LogP contribution >= 0.6 is 0 Å². The number of allylic oxidation sites excluding steroid dienone is 4. The lowest BCUT2D eigenvalue weighted by Crippen LogP contribution is -2.73. The van der Waals surface area contributed by atoms with Crippen molar-refractivity contribution in [2.75, 3.05) is 13.2 Å². The van der Waals surface area contributed by atoms with Gasteiger partial charge in [-0.3, -0.25) is 9.59 Å². The van der Waals surface area contributed by atoms with E-state index in [9.17, 15) is 24.6 Å². The Hall–Kier alpha value is -2.06. The van der Waals surface area contributed by atoms with Crippen molar-refractivity contribution in [1.29, 1.82) is 0 Å². The number of carbonyl (C=O) groups is 3. The molecule has 4 rings (SSSR count). The zero-order valence-corrected chi connectivity index (χ0v) is 22.7. The van der Waals surface area contributed by atoms with Crippen LogP contribution in [0, 0.1) is 34.5 Å². The van der Waals surface area contributed by atoms with Crippen molar-refractivity contribution in [3.8, 4) is 0 Å². The average Bonchev–Trinajstić information content (AvgIpc) is 2.84. The molecular formula is C29H42FNO6. The van der Waals surface area contributed by atoms with E-state index in [1.807, 2.05) is 6.92 Å². The third kappa shape index (κ3) is 4.01. The number of nitrogens with one attached hydrogen (secondary N) is 1. The van der Waals surface area contributed by atoms with Gasteiger partial charge in [0.15, 0.2) is 22.8 Å². The predicted octanol–water partition coefficient (Wildman–Crippen LogP) is 4.07. The molecule has 3 saturated carbocycles. The smallest absolute Gasteiger partial charge is 0.408 e. The van der Waals surface area contributed by atoms with Gasteiger partial charge in [0.25, 0.3) is 0 Å². The van der Waals surface area contributed by atoms with Gasteiger partial charge in [0.2, 0.25) is 0 Å². The van der Waals surface area contributed by atoms with Crippen LogP contribution in [0.4, 0.5) is 9.18 Å². The second-order valence-electron chi connectivity index (χ2n) is 12.4. The van der Waals surface area contributed by atoms with E-state index >= 15 is 4.39 Å². The molecule has 0 spiro atoms. The minimum absolute atomic E-state index is 0.152. The van der Waals surface area contributed by atoms with Crippen molar-refractivity contribution in [3.05, 3.63) is 23.8 Å². The van der Waals surface area contributed by atoms with E-state index < -0.39 is 64.4 Å². The number of amides is 1. The number of hydrogen-bond acceptors (Lipinski definition) is 6. The molecule has 0 aliphatic heterocycles. The Labute approximate surface area is 218 Å². The quantitative estimate of drug-likeness (QED) is 0.488. The number of fused-ring (bicyclic) bond motifs is 5. The lowest BCUT2D eigenvalue weighted by Gasteiger charge is -2.65. The molecule has 0 radical (unpaired) electrons. The lowest BCUT2D eigenvalue weighted by atomic mass is 9.41. The number of carbonyl (C=O) groups excluding carboxylic acids is 3. The van der Waals surface area contributed by atoms with Gasteiger partial charge in [-0.25, -0.2) is 9.18 Å². The van der Waals surface area contributed by atoms with E-state index in [-0.39, 0.29) is 18.1 Å². The first kappa shape index (κ1) is 28.0. The first-order valence-electron chi connectivity index (χ1n) is 13.7. The van der Waals surface area contributed by atoms with Crippen LogP contribution in [0.3, 0.4) is 0 Å². The Morgan fingerprint density at radius 1 is 1.30 bits per heavy atom. The monoisotopic (exact) mass is 519 g/mol. The summed E-state index contributed by atoms with van der Waals surface area (Å²) in [6, 6.07) is 0. The van der Waals surface area contributed by atoms with Gasteiger partial charge >= 0.3 is 6.09 Å². The molecule has 1 amide bonds. The third-order valence-electron chi connectivity index (χ3n) is 10.2. The van der Waals surface area contributed by atoms with Crippen LogP contribution in [0.5, 0.6) is 0 Å². The summed E-state index contributed by atoms with van der Waals surface area (Å²) in [7, 11) is 0. The minimum Gasteiger partial charge on any atom is -0.432 e. The molecule has 0 aromatic carbocycles. The summed E-state index contributed by atoms with van der Waals surface area (Å²) in [4.78, 5) is 39.0. The highest BCUT2D eigenvalue weighted by molar-refractivity contribution is 6.01. The van der Waals surface area contributed by atoms with Gasteiger partial charge in [0, 0.05) is 29.2 Å². The fourth-order valence-corrected chi connectivity index (χ4v) is 7.99. The molecule has 206 valence electrons. The number of alkyl carbamates (subject to hydrolysis) is 1. The highest BCUT2D eigenvalue weighted by atomic mass is 19.1. The van der Waals surface area contributed by atoms with Crippen LogP contribution in [0.25, 0.3) is 0 Å². The third-order valence-corrected chi connectivity index (χ3v) is 10.2. The highest BCUT2D eigenvalue weighted by Crippen LogP contribution is 2.67. The maximum absolute atomic E-state index is 17.3. The molecule has 8 heteroatoms. The molecule has 0 aromatic heterocycles. The van der Waals surface area contributed by atoms with Gasteiger partial charge < -0.3 is 20.3 Å². The average molecular weight is 520 g/mol. The van der Waals surface area contributed by atoms with Gasteiger partial charge in [-0.05, 0) is 63.0 Å². The summed E-state index contributed by atoms with van der Waals surface area (Å²) < 4.78 is 23.0. The molecule has 4 aliphatic carbocycles. The van der Waals surface area contributed by atoms with E-state index in [0.29, 0.717) is 31.4 Å². The summed E-state index contributed by atoms with van der Waals surface area (Å²) in [5, 5.41) is 24.6. The molecule has 3 fully saturated rings. The van der Waals surface area contributed by atoms with Gasteiger partial charge in [-0.15, -0.1) is 0 Å². The molecule has 3 unspecified atom stereocenters. The lowest BCUT2D eigenvalue weighted by molar-refractivity contribution is -0.225. The number of Topliss-reactive ketones (excluding diaryl/α,β-unsaturated/α-hetero) is 1. The fraction of sp³-hybridized carbons (Fsp3) is 0.759. The predicted molar refractivity (Wildman–Crippen MR) is 136 cm³/mol. The Kier molecular flexibility index (Phi) is 7.25. The molecule has 7 nitrogen and oxygen atoms in total. The standard InChI is InChI=1S/C29H42FNO6/c1-6-7-17(2)15-31-25(36)37-28(16-32)18(3)12-22-21-9-8-19-13-20(33)10-11-27(19,5)29(21,30)23(34)14-26(22,4)24(28)35/h10-11,13,17-18,21-23,32,34H,6-9,12,14-16H2,1-5H3,(H,31,36)/t17?,18-,21?,22?,23-,26-,27-,28+,29-/m0/s1. The zero-order valence-electron chi connectivity index (χ0n) is 22.7. The maximum Gasteiger partial charge on any atom is 0.408 e. The molecule has 4 aliphatic rings. The van der Waals surface area contributed by atoms with Crippen molar-refractivity contribution >= 4 is 17.7 Å². The highest BCUT2D eigenvalue weighted by Gasteiger charge is 2.73. The van der Waals surface area contributed by atoms with Crippen molar-refractivity contribution in [1.82, 2.24) is 5.32 Å². The van der Waals surface area contributed by atoms with E-state index in [1.54, 1.807) is 26.8 Å². The second-order valence-corrected chi connectivity index (χ2v) is 12.4. The molecule has 9 atom stereocenters. The number of alkyl halides is 1. The SMILES string of the molecule is CCCC(C)CNC(=O)O[C@@]1(CO)C(=O)[C@@]2(C)C[C@H](O)[C@@]3(F)C(CCC4=CC(=O)C=C[C@@]43C)C2C[C@@H]1C. The number of halogens is 1. The van der Waals surface area contributed by atoms with Gasteiger partial charge in [0.05, 0.1) is 12.7 Å². The minimum atomic E-state index is -2.05. The molecular weight excluding hydrogens is 477 g/mol. The summed E-state index contributed by atoms with van der Waals surface area (Å²) in [5.74, 6) is -1.99. The Morgan fingerprint density at radius 3 is 2.65 bits per heavy atom. The van der Waals surface area contributed by atoms with Crippen LogP contribution in [0.1, 0.15) is 73.1 Å². The van der Waals surface area contributed by atoms with Crippen LogP contribution < -0.4 is 5.32 Å². The van der Waals surface area contributed by atoms with Crippen molar-refractivity contribution < 1.29 is 33.7 Å². The summed E-state index contributed by atoms with van der Waals surface area (Å²) in [6.45, 7) is 9.02. The molecule has 0 bridgehead atoms. The number of rotatable bonds is 6. The molecule has 3 N–H and O–H groups in total. The van der Waals surface area contributed by atoms with E-state index in [1.165, 1.54) is 12.2 Å². The maximum atomic E-state index is 17.3. The van der Waals surface area contributed by atoms with Gasteiger partial charge in [-0.1, -0.05) is 45.8 Å².